The van der Waals surface area contributed by atoms with Gasteiger partial charge in [0.1, 0.15) is 30.5 Å². The average Bonchev–Trinajstić information content (AvgIpc) is 3.17. The monoisotopic (exact) mass is 770 g/mol. The number of unbranched alkanes of at least 4 members (excludes halogenated alkanes) is 21. The molecule has 1 fully saturated rings. The number of nitrogens with one attached hydrogen (secondary N) is 1. The van der Waals surface area contributed by atoms with E-state index >= 15 is 0 Å². The molecule has 1 heterocycles. The minimum atomic E-state index is -1.61. The van der Waals surface area contributed by atoms with E-state index < -0.39 is 55.6 Å². The lowest BCUT2D eigenvalue weighted by atomic mass is 9.98. The molecule has 1 aliphatic heterocycles. The number of aliphatic hydroxyl groups is 6. The van der Waals surface area contributed by atoms with Crippen molar-refractivity contribution in [2.45, 2.75) is 236 Å². The zero-order valence-electron chi connectivity index (χ0n) is 34.3. The van der Waals surface area contributed by atoms with Gasteiger partial charge in [0.05, 0.1) is 25.4 Å². The van der Waals surface area contributed by atoms with Crippen molar-refractivity contribution in [3.63, 3.8) is 0 Å². The highest BCUT2D eigenvalue weighted by Gasteiger charge is 2.44. The first-order chi connectivity index (χ1) is 26.3. The Morgan fingerprint density at radius 2 is 1.13 bits per heavy atom. The van der Waals surface area contributed by atoms with E-state index in [1.54, 1.807) is 0 Å². The lowest BCUT2D eigenvalue weighted by molar-refractivity contribution is -0.303. The minimum absolute atomic E-state index is 0.267. The van der Waals surface area contributed by atoms with Crippen LogP contribution in [0.25, 0.3) is 0 Å². The summed E-state index contributed by atoms with van der Waals surface area (Å²) in [7, 11) is 0. The molecule has 318 valence electrons. The zero-order valence-corrected chi connectivity index (χ0v) is 34.3. The van der Waals surface area contributed by atoms with Crippen LogP contribution in [0.2, 0.25) is 0 Å². The number of ether oxygens (including phenoxy) is 2. The van der Waals surface area contributed by atoms with Crippen LogP contribution >= 0.6 is 0 Å². The Kier molecular flexibility index (Phi) is 32.7. The van der Waals surface area contributed by atoms with Gasteiger partial charge in [-0.3, -0.25) is 4.79 Å². The molecule has 0 aromatic rings. The topological polar surface area (TPSA) is 169 Å². The second-order valence-electron chi connectivity index (χ2n) is 15.6. The number of aliphatic hydroxyl groups excluding tert-OH is 6. The molecule has 1 aliphatic rings. The molecule has 0 bridgehead atoms. The molecule has 1 rings (SSSR count). The van der Waals surface area contributed by atoms with Gasteiger partial charge in [-0.05, 0) is 44.9 Å². The fraction of sp³-hybridized carbons (Fsp3) is 0.886. The molecule has 10 nitrogen and oxygen atoms in total. The molecule has 1 saturated heterocycles. The lowest BCUT2D eigenvalue weighted by Gasteiger charge is -2.40. The van der Waals surface area contributed by atoms with Crippen LogP contribution in [-0.2, 0) is 14.3 Å². The molecule has 7 N–H and O–H groups in total. The highest BCUT2D eigenvalue weighted by Crippen LogP contribution is 2.23. The molecular formula is C44H83NO9. The maximum Gasteiger partial charge on any atom is 0.220 e. The first-order valence-electron chi connectivity index (χ1n) is 22.1. The summed E-state index contributed by atoms with van der Waals surface area (Å²) in [5.74, 6) is -0.267. The Morgan fingerprint density at radius 1 is 0.648 bits per heavy atom. The van der Waals surface area contributed by atoms with Gasteiger partial charge in [0.25, 0.3) is 0 Å². The maximum absolute atomic E-state index is 13.0. The summed E-state index contributed by atoms with van der Waals surface area (Å²) in [4.78, 5) is 13.0. The Bertz CT molecular complexity index is 916. The van der Waals surface area contributed by atoms with Gasteiger partial charge in [0.15, 0.2) is 6.29 Å². The van der Waals surface area contributed by atoms with Crippen LogP contribution < -0.4 is 5.32 Å². The van der Waals surface area contributed by atoms with Crippen molar-refractivity contribution in [2.75, 3.05) is 13.2 Å². The molecule has 0 spiro atoms. The van der Waals surface area contributed by atoms with Crippen LogP contribution in [0.1, 0.15) is 187 Å². The van der Waals surface area contributed by atoms with Crippen LogP contribution in [0.3, 0.4) is 0 Å². The Morgan fingerprint density at radius 3 is 1.69 bits per heavy atom. The Labute approximate surface area is 329 Å². The summed E-state index contributed by atoms with van der Waals surface area (Å²) in [6.45, 7) is 3.56. The van der Waals surface area contributed by atoms with Crippen molar-refractivity contribution < 1.29 is 44.9 Å². The predicted molar refractivity (Wildman–Crippen MR) is 218 cm³/mol. The number of hydrogen-bond donors (Lipinski definition) is 7. The summed E-state index contributed by atoms with van der Waals surface area (Å²) in [6.07, 6.45) is 28.9. The smallest absolute Gasteiger partial charge is 0.220 e. The first-order valence-corrected chi connectivity index (χ1v) is 22.1. The van der Waals surface area contributed by atoms with E-state index in [-0.39, 0.29) is 18.9 Å². The second-order valence-corrected chi connectivity index (χ2v) is 15.6. The Balaban J connectivity index is 2.42. The number of carbonyl (C=O) groups is 1. The summed E-state index contributed by atoms with van der Waals surface area (Å²) in [6, 6.07) is -0.993. The molecule has 0 aromatic heterocycles. The van der Waals surface area contributed by atoms with E-state index in [1.165, 1.54) is 96.3 Å². The van der Waals surface area contributed by atoms with Crippen LogP contribution in [0, 0.1) is 0 Å². The minimum Gasteiger partial charge on any atom is -0.394 e. The van der Waals surface area contributed by atoms with Crippen molar-refractivity contribution in [2.24, 2.45) is 0 Å². The highest BCUT2D eigenvalue weighted by molar-refractivity contribution is 5.76. The van der Waals surface area contributed by atoms with Crippen molar-refractivity contribution in [3.05, 3.63) is 24.3 Å². The number of hydrogen-bond acceptors (Lipinski definition) is 9. The van der Waals surface area contributed by atoms with Gasteiger partial charge in [-0.15, -0.1) is 0 Å². The van der Waals surface area contributed by atoms with Crippen molar-refractivity contribution in [3.8, 4) is 0 Å². The van der Waals surface area contributed by atoms with E-state index in [1.807, 2.05) is 0 Å². The molecular weight excluding hydrogens is 686 g/mol. The van der Waals surface area contributed by atoms with Crippen molar-refractivity contribution in [1.82, 2.24) is 5.32 Å². The van der Waals surface area contributed by atoms with E-state index in [0.29, 0.717) is 12.8 Å². The van der Waals surface area contributed by atoms with Gasteiger partial charge in [-0.2, -0.15) is 0 Å². The maximum atomic E-state index is 13.0. The third-order valence-corrected chi connectivity index (χ3v) is 10.6. The highest BCUT2D eigenvalue weighted by atomic mass is 16.7. The number of carbonyl (C=O) groups excluding carboxylic acids is 1. The third-order valence-electron chi connectivity index (χ3n) is 10.6. The molecule has 0 aliphatic carbocycles. The fourth-order valence-corrected chi connectivity index (χ4v) is 6.99. The van der Waals surface area contributed by atoms with Crippen LogP contribution in [0.5, 0.6) is 0 Å². The quantitative estimate of drug-likeness (QED) is 0.0250. The predicted octanol–water partition coefficient (Wildman–Crippen LogP) is 7.69. The summed E-state index contributed by atoms with van der Waals surface area (Å²) in [5.41, 5.74) is 0. The SMILES string of the molecule is CCCCC/C=C\C/C=C\CCCCCCCCCC(=O)N[C@@H](COC1OC(CO)C(O)C(O)C1O)[C@H](O)[C@H](O)CCCCCCCCCCCCCC. The van der Waals surface area contributed by atoms with Gasteiger partial charge < -0.3 is 45.4 Å². The van der Waals surface area contributed by atoms with Gasteiger partial charge in [-0.1, -0.05) is 160 Å². The van der Waals surface area contributed by atoms with Gasteiger partial charge >= 0.3 is 0 Å². The van der Waals surface area contributed by atoms with Gasteiger partial charge in [-0.25, -0.2) is 0 Å². The van der Waals surface area contributed by atoms with Crippen LogP contribution in [-0.4, -0.2) is 98.7 Å². The van der Waals surface area contributed by atoms with Crippen molar-refractivity contribution >= 4 is 5.91 Å². The van der Waals surface area contributed by atoms with E-state index in [0.717, 1.165) is 57.8 Å². The number of amides is 1. The van der Waals surface area contributed by atoms with Gasteiger partial charge in [0, 0.05) is 6.42 Å². The summed E-state index contributed by atoms with van der Waals surface area (Å²) in [5, 5.41) is 65.0. The molecule has 5 unspecified atom stereocenters. The number of rotatable bonds is 36. The molecule has 0 radical (unpaired) electrons. The van der Waals surface area contributed by atoms with E-state index in [2.05, 4.69) is 43.5 Å². The zero-order chi connectivity index (χ0) is 39.7. The Hall–Kier alpha value is -1.37. The fourth-order valence-electron chi connectivity index (χ4n) is 6.99. The molecule has 10 heteroatoms. The standard InChI is InChI=1S/C44H83NO9/c1-3-5-7-9-11-13-15-17-18-19-20-21-23-25-27-29-31-33-39(48)45-36(35-53-44-43(52)42(51)41(50)38(34-46)54-44)40(49)37(47)32-30-28-26-24-22-16-14-12-10-8-6-4-2/h11,13,17-18,36-38,40-44,46-47,49-52H,3-10,12,14-16,19-35H2,1-2H3,(H,45,48)/b13-11-,18-17-/t36-,37+,38?,40-,41?,42?,43?,44?/m0/s1. The normalized spacial score (nSPS) is 22.3. The summed E-state index contributed by atoms with van der Waals surface area (Å²) < 4.78 is 11.1. The molecule has 1 amide bonds. The lowest BCUT2D eigenvalue weighted by Crippen LogP contribution is -2.60. The molecule has 0 aromatic carbocycles. The third kappa shape index (κ3) is 25.0. The molecule has 54 heavy (non-hydrogen) atoms. The second kappa shape index (κ2) is 34.8. The molecule has 8 atom stereocenters. The van der Waals surface area contributed by atoms with Crippen LogP contribution in [0.15, 0.2) is 24.3 Å². The van der Waals surface area contributed by atoms with E-state index in [9.17, 15) is 35.4 Å². The largest absolute Gasteiger partial charge is 0.394 e. The number of allylic oxidation sites excluding steroid dienone is 4. The first kappa shape index (κ1) is 50.6. The van der Waals surface area contributed by atoms with Crippen molar-refractivity contribution in [1.29, 1.82) is 0 Å². The van der Waals surface area contributed by atoms with Gasteiger partial charge in [0.2, 0.25) is 5.91 Å². The van der Waals surface area contributed by atoms with E-state index in [4.69, 9.17) is 9.47 Å². The van der Waals surface area contributed by atoms with Crippen LogP contribution in [0.4, 0.5) is 0 Å². The molecule has 0 saturated carbocycles. The average molecular weight is 770 g/mol. The summed E-state index contributed by atoms with van der Waals surface area (Å²) >= 11 is 0.